The first-order valence-electron chi connectivity index (χ1n) is 6.27. The molecule has 0 bridgehead atoms. The predicted molar refractivity (Wildman–Crippen MR) is 77.2 cm³/mol. The van der Waals surface area contributed by atoms with Crippen molar-refractivity contribution in [3.05, 3.63) is 28.3 Å². The van der Waals surface area contributed by atoms with Gasteiger partial charge >= 0.3 is 0 Å². The highest BCUT2D eigenvalue weighted by atomic mass is 16.6. The number of nitrogen functional groups attached to an aromatic ring is 1. The number of carbonyl (C=O) groups is 1. The SMILES string of the molecule is CCCCN(CC(N)=O)c1cc(NN)cc([N+](=O)[O-])c1. The van der Waals surface area contributed by atoms with Crippen LogP contribution in [0.1, 0.15) is 19.8 Å². The number of nitrogens with zero attached hydrogens (tertiary/aromatic N) is 2. The second-order valence-corrected chi connectivity index (χ2v) is 4.38. The van der Waals surface area contributed by atoms with Crippen LogP contribution in [0, 0.1) is 10.1 Å². The monoisotopic (exact) mass is 281 g/mol. The summed E-state index contributed by atoms with van der Waals surface area (Å²) >= 11 is 0. The molecule has 5 N–H and O–H groups in total. The second kappa shape index (κ2) is 7.29. The summed E-state index contributed by atoms with van der Waals surface area (Å²) < 4.78 is 0. The first kappa shape index (κ1) is 15.7. The number of non-ortho nitro benzene ring substituents is 1. The Morgan fingerprint density at radius 3 is 2.65 bits per heavy atom. The van der Waals surface area contributed by atoms with Gasteiger partial charge in [0.05, 0.1) is 17.2 Å². The van der Waals surface area contributed by atoms with Crippen LogP contribution in [0.2, 0.25) is 0 Å². The van der Waals surface area contributed by atoms with Crippen LogP contribution >= 0.6 is 0 Å². The number of nitro groups is 1. The topological polar surface area (TPSA) is 128 Å². The summed E-state index contributed by atoms with van der Waals surface area (Å²) in [5, 5.41) is 10.9. The van der Waals surface area contributed by atoms with Gasteiger partial charge in [-0.05, 0) is 12.5 Å². The van der Waals surface area contributed by atoms with Crippen LogP contribution < -0.4 is 21.9 Å². The number of rotatable bonds is 8. The predicted octanol–water partition coefficient (Wildman–Crippen LogP) is 0.972. The largest absolute Gasteiger partial charge is 0.368 e. The third-order valence-corrected chi connectivity index (χ3v) is 2.77. The number of primary amides is 1. The molecule has 0 fully saturated rings. The molecule has 0 aliphatic rings. The fraction of sp³-hybridized carbons (Fsp3) is 0.417. The van der Waals surface area contributed by atoms with E-state index < -0.39 is 10.8 Å². The van der Waals surface area contributed by atoms with Gasteiger partial charge in [0, 0.05) is 24.4 Å². The summed E-state index contributed by atoms with van der Waals surface area (Å²) in [7, 11) is 0. The number of unbranched alkanes of at least 4 members (excludes halogenated alkanes) is 1. The number of benzene rings is 1. The van der Waals surface area contributed by atoms with Crippen LogP contribution in [0.15, 0.2) is 18.2 Å². The van der Waals surface area contributed by atoms with Gasteiger partial charge in [0.25, 0.3) is 5.69 Å². The van der Waals surface area contributed by atoms with Gasteiger partial charge in [-0.1, -0.05) is 13.3 Å². The van der Waals surface area contributed by atoms with Crippen molar-refractivity contribution in [1.82, 2.24) is 0 Å². The van der Waals surface area contributed by atoms with Crippen LogP contribution in [0.4, 0.5) is 17.1 Å². The van der Waals surface area contributed by atoms with Gasteiger partial charge in [-0.25, -0.2) is 0 Å². The van der Waals surface area contributed by atoms with Crippen LogP contribution in [0.5, 0.6) is 0 Å². The molecule has 0 atom stereocenters. The van der Waals surface area contributed by atoms with Crippen molar-refractivity contribution in [2.45, 2.75) is 19.8 Å². The Morgan fingerprint density at radius 1 is 1.45 bits per heavy atom. The highest BCUT2D eigenvalue weighted by Gasteiger charge is 2.15. The zero-order valence-electron chi connectivity index (χ0n) is 11.3. The molecule has 20 heavy (non-hydrogen) atoms. The Balaban J connectivity index is 3.12. The number of hydrogen-bond donors (Lipinski definition) is 3. The molecule has 8 heteroatoms. The Kier molecular flexibility index (Phi) is 5.73. The van der Waals surface area contributed by atoms with Crippen LogP contribution in [-0.2, 0) is 4.79 Å². The summed E-state index contributed by atoms with van der Waals surface area (Å²) in [6, 6.07) is 4.37. The van der Waals surface area contributed by atoms with Gasteiger partial charge in [-0.3, -0.25) is 20.8 Å². The van der Waals surface area contributed by atoms with Crippen molar-refractivity contribution in [1.29, 1.82) is 0 Å². The van der Waals surface area contributed by atoms with Crippen molar-refractivity contribution in [2.75, 3.05) is 23.4 Å². The standard InChI is InChI=1S/C12H19N5O3/c1-2-3-4-16(8-12(13)18)10-5-9(15-14)6-11(7-10)17(19)20/h5-7,15H,2-4,8,14H2,1H3,(H2,13,18). The molecular formula is C12H19N5O3. The zero-order chi connectivity index (χ0) is 15.1. The van der Waals surface area contributed by atoms with E-state index in [2.05, 4.69) is 5.43 Å². The van der Waals surface area contributed by atoms with E-state index in [1.54, 1.807) is 11.0 Å². The molecule has 8 nitrogen and oxygen atoms in total. The molecular weight excluding hydrogens is 262 g/mol. The van der Waals surface area contributed by atoms with E-state index in [9.17, 15) is 14.9 Å². The zero-order valence-corrected chi connectivity index (χ0v) is 11.3. The molecule has 0 saturated heterocycles. The molecule has 0 spiro atoms. The van der Waals surface area contributed by atoms with Crippen molar-refractivity contribution < 1.29 is 9.72 Å². The lowest BCUT2D eigenvalue weighted by Gasteiger charge is -2.23. The van der Waals surface area contributed by atoms with E-state index in [0.29, 0.717) is 17.9 Å². The number of amides is 1. The summed E-state index contributed by atoms with van der Waals surface area (Å²) in [6.07, 6.45) is 1.79. The lowest BCUT2D eigenvalue weighted by atomic mass is 10.2. The molecule has 0 aromatic heterocycles. The number of nitrogens with one attached hydrogen (secondary N) is 1. The number of nitro benzene ring substituents is 1. The lowest BCUT2D eigenvalue weighted by Crippen LogP contribution is -2.34. The Morgan fingerprint density at radius 2 is 2.15 bits per heavy atom. The van der Waals surface area contributed by atoms with E-state index in [4.69, 9.17) is 11.6 Å². The number of hydrazine groups is 1. The summed E-state index contributed by atoms with van der Waals surface area (Å²) in [6.45, 7) is 2.61. The van der Waals surface area contributed by atoms with E-state index >= 15 is 0 Å². The molecule has 110 valence electrons. The number of anilines is 2. The van der Waals surface area contributed by atoms with Gasteiger partial charge in [-0.2, -0.15) is 0 Å². The average molecular weight is 281 g/mol. The third kappa shape index (κ3) is 4.39. The molecule has 0 aliphatic heterocycles. The van der Waals surface area contributed by atoms with Crippen LogP contribution in [-0.4, -0.2) is 23.9 Å². The van der Waals surface area contributed by atoms with Gasteiger partial charge in [0.1, 0.15) is 0 Å². The normalized spacial score (nSPS) is 10.1. The number of carbonyl (C=O) groups excluding carboxylic acids is 1. The first-order valence-corrected chi connectivity index (χ1v) is 6.27. The Labute approximate surface area is 116 Å². The van der Waals surface area contributed by atoms with Gasteiger partial charge in [-0.15, -0.1) is 0 Å². The van der Waals surface area contributed by atoms with E-state index in [1.807, 2.05) is 6.92 Å². The fourth-order valence-electron chi connectivity index (χ4n) is 1.80. The van der Waals surface area contributed by atoms with Gasteiger partial charge < -0.3 is 16.1 Å². The van der Waals surface area contributed by atoms with Crippen molar-refractivity contribution in [3.8, 4) is 0 Å². The highest BCUT2D eigenvalue weighted by molar-refractivity contribution is 5.80. The molecule has 0 unspecified atom stereocenters. The third-order valence-electron chi connectivity index (χ3n) is 2.77. The van der Waals surface area contributed by atoms with Crippen molar-refractivity contribution >= 4 is 23.0 Å². The fourth-order valence-corrected chi connectivity index (χ4v) is 1.80. The Bertz CT molecular complexity index is 492. The smallest absolute Gasteiger partial charge is 0.273 e. The minimum atomic E-state index is -0.507. The van der Waals surface area contributed by atoms with Gasteiger partial charge in [0.2, 0.25) is 5.91 Å². The highest BCUT2D eigenvalue weighted by Crippen LogP contribution is 2.26. The molecule has 0 radical (unpaired) electrons. The van der Waals surface area contributed by atoms with E-state index in [1.165, 1.54) is 12.1 Å². The maximum atomic E-state index is 11.1. The summed E-state index contributed by atoms with van der Waals surface area (Å²) in [5.74, 6) is 4.82. The molecule has 0 heterocycles. The minimum absolute atomic E-state index is 0.00514. The van der Waals surface area contributed by atoms with Crippen LogP contribution in [0.25, 0.3) is 0 Å². The lowest BCUT2D eigenvalue weighted by molar-refractivity contribution is -0.384. The summed E-state index contributed by atoms with van der Waals surface area (Å²) in [5.41, 5.74) is 8.44. The maximum absolute atomic E-state index is 11.1. The minimum Gasteiger partial charge on any atom is -0.368 e. The van der Waals surface area contributed by atoms with Crippen molar-refractivity contribution in [3.63, 3.8) is 0 Å². The molecule has 0 aliphatic carbocycles. The van der Waals surface area contributed by atoms with E-state index in [-0.39, 0.29) is 12.2 Å². The average Bonchev–Trinajstić information content (AvgIpc) is 2.42. The molecule has 1 aromatic carbocycles. The molecule has 1 aromatic rings. The van der Waals surface area contributed by atoms with Crippen LogP contribution in [0.3, 0.4) is 0 Å². The first-order chi connectivity index (χ1) is 9.47. The molecule has 1 amide bonds. The van der Waals surface area contributed by atoms with Gasteiger partial charge in [0.15, 0.2) is 0 Å². The van der Waals surface area contributed by atoms with E-state index in [0.717, 1.165) is 12.8 Å². The van der Waals surface area contributed by atoms with Crippen molar-refractivity contribution in [2.24, 2.45) is 11.6 Å². The Hall–Kier alpha value is -2.35. The quantitative estimate of drug-likeness (QED) is 0.370. The second-order valence-electron chi connectivity index (χ2n) is 4.38. The molecule has 1 rings (SSSR count). The maximum Gasteiger partial charge on any atom is 0.273 e. The summed E-state index contributed by atoms with van der Waals surface area (Å²) in [4.78, 5) is 23.2. The number of hydrogen-bond acceptors (Lipinski definition) is 6. The molecule has 0 saturated carbocycles. The number of nitrogens with two attached hydrogens (primary N) is 2.